The fourth-order valence-corrected chi connectivity index (χ4v) is 2.71. The standard InChI is InChI=1S/C16H21N5.HI/c17-16(19-7-2-9-21-10-8-18-12-21)20-15-6-5-13-3-1-4-14(13)11-15;/h5-6,8,10-12H,1-4,7,9H2,(H3,17,19,20);1H. The number of imidazole rings is 1. The summed E-state index contributed by atoms with van der Waals surface area (Å²) in [5, 5.41) is 3.17. The number of aliphatic imine (C=N–C) groups is 1. The average Bonchev–Trinajstić information content (AvgIpc) is 3.14. The van der Waals surface area contributed by atoms with Crippen molar-refractivity contribution in [2.75, 3.05) is 11.9 Å². The molecule has 0 amide bonds. The number of nitrogens with zero attached hydrogens (tertiary/aromatic N) is 3. The number of fused-ring (bicyclic) bond motifs is 1. The summed E-state index contributed by atoms with van der Waals surface area (Å²) >= 11 is 0. The summed E-state index contributed by atoms with van der Waals surface area (Å²) in [7, 11) is 0. The fraction of sp³-hybridized carbons (Fsp3) is 0.375. The Labute approximate surface area is 148 Å². The van der Waals surface area contributed by atoms with Gasteiger partial charge in [-0.05, 0) is 48.9 Å². The maximum Gasteiger partial charge on any atom is 0.193 e. The SMILES string of the molecule is I.NC(=NCCCn1ccnc1)Nc1ccc2c(c1)CCC2. The quantitative estimate of drug-likeness (QED) is 0.344. The van der Waals surface area contributed by atoms with E-state index in [0.717, 1.165) is 18.7 Å². The lowest BCUT2D eigenvalue weighted by Gasteiger charge is -2.08. The van der Waals surface area contributed by atoms with Crippen molar-refractivity contribution in [2.24, 2.45) is 10.7 Å². The number of aryl methyl sites for hydroxylation is 3. The molecule has 6 heteroatoms. The highest BCUT2D eigenvalue weighted by Gasteiger charge is 2.10. The van der Waals surface area contributed by atoms with Gasteiger partial charge >= 0.3 is 0 Å². The molecule has 0 aliphatic heterocycles. The summed E-state index contributed by atoms with van der Waals surface area (Å²) in [5.74, 6) is 0.485. The third-order valence-electron chi connectivity index (χ3n) is 3.79. The number of aromatic nitrogens is 2. The first kappa shape index (κ1) is 16.8. The first-order valence-corrected chi connectivity index (χ1v) is 7.46. The summed E-state index contributed by atoms with van der Waals surface area (Å²) in [6, 6.07) is 6.46. The molecule has 3 N–H and O–H groups in total. The first-order chi connectivity index (χ1) is 10.3. The summed E-state index contributed by atoms with van der Waals surface area (Å²) < 4.78 is 2.04. The molecule has 1 aromatic carbocycles. The van der Waals surface area contributed by atoms with E-state index in [4.69, 9.17) is 5.73 Å². The molecular formula is C16H22IN5. The minimum absolute atomic E-state index is 0. The molecule has 0 fully saturated rings. The normalized spacial score (nSPS) is 13.5. The van der Waals surface area contributed by atoms with Gasteiger partial charge in [-0.1, -0.05) is 6.07 Å². The number of hydrogen-bond donors (Lipinski definition) is 2. The molecule has 0 bridgehead atoms. The minimum Gasteiger partial charge on any atom is -0.370 e. The van der Waals surface area contributed by atoms with E-state index in [1.54, 1.807) is 6.20 Å². The number of halogens is 1. The van der Waals surface area contributed by atoms with E-state index in [2.05, 4.69) is 33.5 Å². The van der Waals surface area contributed by atoms with Gasteiger partial charge in [-0.2, -0.15) is 0 Å². The molecular weight excluding hydrogens is 389 g/mol. The predicted molar refractivity (Wildman–Crippen MR) is 101 cm³/mol. The molecule has 1 heterocycles. The number of anilines is 1. The fourth-order valence-electron chi connectivity index (χ4n) is 2.71. The number of nitrogens with two attached hydrogens (primary N) is 1. The molecule has 5 nitrogen and oxygen atoms in total. The van der Waals surface area contributed by atoms with E-state index >= 15 is 0 Å². The monoisotopic (exact) mass is 411 g/mol. The van der Waals surface area contributed by atoms with Gasteiger partial charge in [-0.25, -0.2) is 4.98 Å². The van der Waals surface area contributed by atoms with E-state index in [1.807, 2.05) is 17.1 Å². The molecule has 0 saturated heterocycles. The zero-order chi connectivity index (χ0) is 14.5. The highest BCUT2D eigenvalue weighted by atomic mass is 127. The topological polar surface area (TPSA) is 68.2 Å². The Morgan fingerprint density at radius 1 is 1.32 bits per heavy atom. The summed E-state index contributed by atoms with van der Waals surface area (Å²) in [5.41, 5.74) is 9.87. The van der Waals surface area contributed by atoms with Crippen LogP contribution in [0.5, 0.6) is 0 Å². The van der Waals surface area contributed by atoms with Crippen molar-refractivity contribution in [3.8, 4) is 0 Å². The van der Waals surface area contributed by atoms with Crippen LogP contribution >= 0.6 is 24.0 Å². The van der Waals surface area contributed by atoms with Crippen LogP contribution in [0.2, 0.25) is 0 Å². The van der Waals surface area contributed by atoms with E-state index in [9.17, 15) is 0 Å². The smallest absolute Gasteiger partial charge is 0.193 e. The number of hydrogen-bond acceptors (Lipinski definition) is 2. The van der Waals surface area contributed by atoms with Gasteiger partial charge in [0.1, 0.15) is 0 Å². The van der Waals surface area contributed by atoms with Gasteiger partial charge in [0, 0.05) is 31.2 Å². The maximum atomic E-state index is 5.93. The van der Waals surface area contributed by atoms with Gasteiger partial charge in [-0.3, -0.25) is 4.99 Å². The van der Waals surface area contributed by atoms with Crippen molar-refractivity contribution >= 4 is 35.6 Å². The summed E-state index contributed by atoms with van der Waals surface area (Å²) in [6.07, 6.45) is 10.1. The Morgan fingerprint density at radius 2 is 2.18 bits per heavy atom. The number of benzene rings is 1. The van der Waals surface area contributed by atoms with Gasteiger partial charge in [0.15, 0.2) is 5.96 Å². The minimum atomic E-state index is 0. The lowest BCUT2D eigenvalue weighted by molar-refractivity contribution is 0.650. The Hall–Kier alpha value is -1.57. The molecule has 22 heavy (non-hydrogen) atoms. The van der Waals surface area contributed by atoms with E-state index in [0.29, 0.717) is 12.5 Å². The number of guanidine groups is 1. The zero-order valence-corrected chi connectivity index (χ0v) is 14.9. The lowest BCUT2D eigenvalue weighted by Crippen LogP contribution is -2.23. The molecule has 1 aromatic heterocycles. The highest BCUT2D eigenvalue weighted by Crippen LogP contribution is 2.24. The van der Waals surface area contributed by atoms with Crippen molar-refractivity contribution in [1.82, 2.24) is 9.55 Å². The Kier molecular flexibility index (Phi) is 6.23. The third kappa shape index (κ3) is 4.46. The zero-order valence-electron chi connectivity index (χ0n) is 12.5. The Morgan fingerprint density at radius 3 is 3.00 bits per heavy atom. The molecule has 0 unspecified atom stereocenters. The molecule has 2 aromatic rings. The van der Waals surface area contributed by atoms with Crippen LogP contribution in [0.25, 0.3) is 0 Å². The largest absolute Gasteiger partial charge is 0.370 e. The lowest BCUT2D eigenvalue weighted by atomic mass is 10.1. The van der Waals surface area contributed by atoms with Gasteiger partial charge in [0.05, 0.1) is 6.33 Å². The Bertz CT molecular complexity index is 621. The van der Waals surface area contributed by atoms with Gasteiger partial charge in [-0.15, -0.1) is 24.0 Å². The van der Waals surface area contributed by atoms with Gasteiger partial charge in [0.25, 0.3) is 0 Å². The molecule has 0 radical (unpaired) electrons. The van der Waals surface area contributed by atoms with Crippen LogP contribution in [-0.4, -0.2) is 22.1 Å². The summed E-state index contributed by atoms with van der Waals surface area (Å²) in [6.45, 7) is 1.62. The van der Waals surface area contributed by atoms with Crippen LogP contribution < -0.4 is 11.1 Å². The van der Waals surface area contributed by atoms with Crippen molar-refractivity contribution in [1.29, 1.82) is 0 Å². The first-order valence-electron chi connectivity index (χ1n) is 7.46. The van der Waals surface area contributed by atoms with Crippen LogP contribution in [0.15, 0.2) is 41.9 Å². The maximum absolute atomic E-state index is 5.93. The molecule has 1 aliphatic carbocycles. The molecule has 1 aliphatic rings. The Balaban J connectivity index is 0.00000176. The van der Waals surface area contributed by atoms with Crippen LogP contribution in [-0.2, 0) is 19.4 Å². The molecule has 0 atom stereocenters. The third-order valence-corrected chi connectivity index (χ3v) is 3.79. The second-order valence-electron chi connectivity index (χ2n) is 5.38. The predicted octanol–water partition coefficient (Wildman–Crippen LogP) is 2.81. The van der Waals surface area contributed by atoms with Crippen LogP contribution in [0.1, 0.15) is 24.0 Å². The average molecular weight is 411 g/mol. The van der Waals surface area contributed by atoms with Gasteiger partial charge < -0.3 is 15.6 Å². The second-order valence-corrected chi connectivity index (χ2v) is 5.38. The van der Waals surface area contributed by atoms with E-state index < -0.39 is 0 Å². The molecule has 0 saturated carbocycles. The second kappa shape index (κ2) is 8.17. The van der Waals surface area contributed by atoms with Crippen LogP contribution in [0.3, 0.4) is 0 Å². The summed E-state index contributed by atoms with van der Waals surface area (Å²) in [4.78, 5) is 8.37. The van der Waals surface area contributed by atoms with Crippen molar-refractivity contribution < 1.29 is 0 Å². The van der Waals surface area contributed by atoms with Crippen molar-refractivity contribution in [2.45, 2.75) is 32.2 Å². The number of rotatable bonds is 5. The molecule has 3 rings (SSSR count). The van der Waals surface area contributed by atoms with Crippen molar-refractivity contribution in [3.63, 3.8) is 0 Å². The molecule has 118 valence electrons. The van der Waals surface area contributed by atoms with Gasteiger partial charge in [0.2, 0.25) is 0 Å². The van der Waals surface area contributed by atoms with Crippen LogP contribution in [0, 0.1) is 0 Å². The highest BCUT2D eigenvalue weighted by molar-refractivity contribution is 14.0. The molecule has 0 spiro atoms. The van der Waals surface area contributed by atoms with Crippen molar-refractivity contribution in [3.05, 3.63) is 48.0 Å². The van der Waals surface area contributed by atoms with Crippen LogP contribution in [0.4, 0.5) is 5.69 Å². The van der Waals surface area contributed by atoms with E-state index in [-0.39, 0.29) is 24.0 Å². The number of nitrogens with one attached hydrogen (secondary N) is 1. The van der Waals surface area contributed by atoms with E-state index in [1.165, 1.54) is 30.4 Å².